The third-order valence-electron chi connectivity index (χ3n) is 2.41. The largest absolute Gasteiger partial charge is 0.487 e. The average molecular weight is 209 g/mol. The minimum atomic E-state index is -0.366. The Morgan fingerprint density at radius 3 is 2.60 bits per heavy atom. The van der Waals surface area contributed by atoms with Crippen molar-refractivity contribution < 1.29 is 9.13 Å². The highest BCUT2D eigenvalue weighted by Crippen LogP contribution is 2.31. The van der Waals surface area contributed by atoms with Gasteiger partial charge < -0.3 is 4.74 Å². The van der Waals surface area contributed by atoms with Gasteiger partial charge in [-0.2, -0.15) is 0 Å². The van der Waals surface area contributed by atoms with Crippen molar-refractivity contribution in [2.24, 2.45) is 0 Å². The molecule has 0 N–H and O–H groups in total. The smallest absolute Gasteiger partial charge is 0.183 e. The number of nitrogens with zero attached hydrogens (tertiary/aromatic N) is 1. The van der Waals surface area contributed by atoms with Gasteiger partial charge in [-0.15, -0.1) is 0 Å². The zero-order valence-corrected chi connectivity index (χ0v) is 9.38. The van der Waals surface area contributed by atoms with E-state index in [9.17, 15) is 4.39 Å². The number of hydrogen-bond acceptors (Lipinski definition) is 2. The second kappa shape index (κ2) is 3.47. The van der Waals surface area contributed by atoms with Gasteiger partial charge in [-0.25, -0.2) is 4.39 Å². The molecule has 1 aromatic heterocycles. The molecule has 0 atom stereocenters. The lowest BCUT2D eigenvalue weighted by Gasteiger charge is -2.18. The molecule has 0 amide bonds. The van der Waals surface area contributed by atoms with Gasteiger partial charge in [0, 0.05) is 17.2 Å². The van der Waals surface area contributed by atoms with E-state index in [4.69, 9.17) is 4.74 Å². The summed E-state index contributed by atoms with van der Waals surface area (Å²) in [4.78, 5) is 4.08. The Bertz CT molecular complexity index is 366. The molecule has 0 unspecified atom stereocenters. The summed E-state index contributed by atoms with van der Waals surface area (Å²) in [6.45, 7) is 6.15. The van der Waals surface area contributed by atoms with Gasteiger partial charge >= 0.3 is 0 Å². The fourth-order valence-electron chi connectivity index (χ4n) is 1.29. The lowest BCUT2D eigenvalue weighted by molar-refractivity contribution is 0.285. The Labute approximate surface area is 89.5 Å². The predicted molar refractivity (Wildman–Crippen MR) is 56.5 cm³/mol. The molecule has 1 heterocycles. The molecular formula is C12H16FNO. The van der Waals surface area contributed by atoms with Crippen LogP contribution in [0, 0.1) is 5.82 Å². The third-order valence-corrected chi connectivity index (χ3v) is 2.41. The van der Waals surface area contributed by atoms with Crippen LogP contribution in [0.15, 0.2) is 12.3 Å². The molecule has 2 nitrogen and oxygen atoms in total. The van der Waals surface area contributed by atoms with E-state index >= 15 is 0 Å². The molecule has 0 bridgehead atoms. The van der Waals surface area contributed by atoms with Crippen LogP contribution in [0.25, 0.3) is 0 Å². The predicted octanol–water partition coefficient (Wildman–Crippen LogP) is 3.06. The summed E-state index contributed by atoms with van der Waals surface area (Å²) in [6.07, 6.45) is 3.53. The van der Waals surface area contributed by atoms with E-state index in [-0.39, 0.29) is 17.3 Å². The van der Waals surface area contributed by atoms with Crippen molar-refractivity contribution >= 4 is 0 Å². The fraction of sp³-hybridized carbons (Fsp3) is 0.583. The van der Waals surface area contributed by atoms with Crippen molar-refractivity contribution in [3.63, 3.8) is 0 Å². The minimum absolute atomic E-state index is 0.0740. The summed E-state index contributed by atoms with van der Waals surface area (Å²) in [5, 5.41) is 0. The first-order valence-electron chi connectivity index (χ1n) is 5.29. The molecule has 1 saturated carbocycles. The standard InChI is InChI=1S/C12H16FNO/c1-12(2,3)11-6-10(9(13)7-14-11)15-8-4-5-8/h6-8H,4-5H2,1-3H3. The summed E-state index contributed by atoms with van der Waals surface area (Å²) in [6, 6.07) is 1.72. The van der Waals surface area contributed by atoms with E-state index in [0.29, 0.717) is 5.75 Å². The van der Waals surface area contributed by atoms with Crippen molar-refractivity contribution in [3.05, 3.63) is 23.8 Å². The maximum Gasteiger partial charge on any atom is 0.183 e. The Balaban J connectivity index is 2.27. The first-order chi connectivity index (χ1) is 6.97. The fourth-order valence-corrected chi connectivity index (χ4v) is 1.29. The van der Waals surface area contributed by atoms with Crippen LogP contribution in [0.1, 0.15) is 39.3 Å². The molecule has 1 aliphatic carbocycles. The van der Waals surface area contributed by atoms with Crippen LogP contribution in [0.2, 0.25) is 0 Å². The Morgan fingerprint density at radius 2 is 2.07 bits per heavy atom. The highest BCUT2D eigenvalue weighted by atomic mass is 19.1. The van der Waals surface area contributed by atoms with Crippen LogP contribution < -0.4 is 4.74 Å². The van der Waals surface area contributed by atoms with Gasteiger partial charge in [-0.3, -0.25) is 4.98 Å². The summed E-state index contributed by atoms with van der Waals surface area (Å²) in [5.41, 5.74) is 0.787. The molecule has 0 saturated heterocycles. The van der Waals surface area contributed by atoms with Crippen molar-refractivity contribution in [1.82, 2.24) is 4.98 Å². The van der Waals surface area contributed by atoms with Crippen molar-refractivity contribution in [1.29, 1.82) is 0 Å². The second-order valence-corrected chi connectivity index (χ2v) is 5.07. The minimum Gasteiger partial charge on any atom is -0.487 e. The number of rotatable bonds is 2. The van der Waals surface area contributed by atoms with E-state index in [1.165, 1.54) is 6.20 Å². The van der Waals surface area contributed by atoms with Gasteiger partial charge in [0.25, 0.3) is 0 Å². The Kier molecular flexibility index (Phi) is 2.41. The maximum atomic E-state index is 13.4. The molecule has 2 rings (SSSR count). The van der Waals surface area contributed by atoms with Gasteiger partial charge in [0.15, 0.2) is 11.6 Å². The van der Waals surface area contributed by atoms with Gasteiger partial charge in [-0.1, -0.05) is 20.8 Å². The summed E-state index contributed by atoms with van der Waals surface area (Å²) in [5.74, 6) is -0.0210. The molecule has 0 aromatic carbocycles. The lowest BCUT2D eigenvalue weighted by atomic mass is 9.91. The van der Waals surface area contributed by atoms with Crippen LogP contribution in [-0.2, 0) is 5.41 Å². The molecule has 0 spiro atoms. The maximum absolute atomic E-state index is 13.4. The molecule has 3 heteroatoms. The van der Waals surface area contributed by atoms with E-state index in [2.05, 4.69) is 4.98 Å². The zero-order valence-electron chi connectivity index (χ0n) is 9.38. The highest BCUT2D eigenvalue weighted by Gasteiger charge is 2.26. The van der Waals surface area contributed by atoms with Crippen LogP contribution in [0.4, 0.5) is 4.39 Å². The average Bonchev–Trinajstić information content (AvgIpc) is 2.90. The van der Waals surface area contributed by atoms with Crippen LogP contribution >= 0.6 is 0 Å². The number of pyridine rings is 1. The van der Waals surface area contributed by atoms with Crippen LogP contribution in [0.3, 0.4) is 0 Å². The van der Waals surface area contributed by atoms with Crippen molar-refractivity contribution in [2.75, 3.05) is 0 Å². The topological polar surface area (TPSA) is 22.1 Å². The van der Waals surface area contributed by atoms with E-state index in [1.54, 1.807) is 6.07 Å². The molecule has 1 aromatic rings. The van der Waals surface area contributed by atoms with Gasteiger partial charge in [0.05, 0.1) is 12.3 Å². The van der Waals surface area contributed by atoms with Gasteiger partial charge in [0.1, 0.15) is 0 Å². The summed E-state index contributed by atoms with van der Waals surface area (Å²) < 4.78 is 18.8. The highest BCUT2D eigenvalue weighted by molar-refractivity contribution is 5.28. The SMILES string of the molecule is CC(C)(C)c1cc(OC2CC2)c(F)cn1. The second-order valence-electron chi connectivity index (χ2n) is 5.07. The van der Waals surface area contributed by atoms with E-state index < -0.39 is 0 Å². The molecule has 82 valence electrons. The van der Waals surface area contributed by atoms with Crippen LogP contribution in [0.5, 0.6) is 5.75 Å². The molecule has 0 radical (unpaired) electrons. The Hall–Kier alpha value is -1.12. The number of hydrogen-bond donors (Lipinski definition) is 0. The molecule has 0 aliphatic heterocycles. The summed E-state index contributed by atoms with van der Waals surface area (Å²) >= 11 is 0. The Morgan fingerprint density at radius 1 is 1.40 bits per heavy atom. The van der Waals surface area contributed by atoms with Crippen LogP contribution in [-0.4, -0.2) is 11.1 Å². The summed E-state index contributed by atoms with van der Waals surface area (Å²) in [7, 11) is 0. The quantitative estimate of drug-likeness (QED) is 0.746. The number of ether oxygens (including phenoxy) is 1. The van der Waals surface area contributed by atoms with E-state index in [1.807, 2.05) is 20.8 Å². The monoisotopic (exact) mass is 209 g/mol. The van der Waals surface area contributed by atoms with Gasteiger partial charge in [-0.05, 0) is 12.8 Å². The van der Waals surface area contributed by atoms with Gasteiger partial charge in [0.2, 0.25) is 0 Å². The molecular weight excluding hydrogens is 193 g/mol. The molecule has 1 aliphatic rings. The molecule has 15 heavy (non-hydrogen) atoms. The third kappa shape index (κ3) is 2.46. The normalized spacial score (nSPS) is 16.5. The lowest BCUT2D eigenvalue weighted by Crippen LogP contribution is -2.14. The first-order valence-corrected chi connectivity index (χ1v) is 5.29. The van der Waals surface area contributed by atoms with Crippen molar-refractivity contribution in [3.8, 4) is 5.75 Å². The molecule has 1 fully saturated rings. The zero-order chi connectivity index (χ0) is 11.1. The van der Waals surface area contributed by atoms with Crippen molar-refractivity contribution in [2.45, 2.75) is 45.1 Å². The van der Waals surface area contributed by atoms with E-state index in [0.717, 1.165) is 18.5 Å². The number of aromatic nitrogens is 1. The number of halogens is 1. The first kappa shape index (κ1) is 10.4.